The van der Waals surface area contributed by atoms with Gasteiger partial charge in [-0.25, -0.2) is 0 Å². The molecule has 1 nitrogen and oxygen atoms in total. The van der Waals surface area contributed by atoms with Crippen LogP contribution in [0.3, 0.4) is 0 Å². The van der Waals surface area contributed by atoms with Crippen molar-refractivity contribution in [2.24, 2.45) is 40.2 Å². The van der Waals surface area contributed by atoms with Crippen molar-refractivity contribution in [1.82, 2.24) is 0 Å². The summed E-state index contributed by atoms with van der Waals surface area (Å²) in [6, 6.07) is 0. The first kappa shape index (κ1) is 15.6. The SMILES string of the molecule is CC(C)C1C=C2CCC3C(C)(CN)CCCC3(C)C2CC1. The third kappa shape index (κ3) is 2.40. The number of hydrogen-bond donors (Lipinski definition) is 1. The van der Waals surface area contributed by atoms with Gasteiger partial charge in [0.25, 0.3) is 0 Å². The monoisotopic (exact) mass is 289 g/mol. The molecule has 1 heteroatoms. The first-order valence-electron chi connectivity index (χ1n) is 9.31. The lowest BCUT2D eigenvalue weighted by Gasteiger charge is -2.60. The fourth-order valence-electron chi connectivity index (χ4n) is 6.22. The second-order valence-corrected chi connectivity index (χ2v) is 9.09. The van der Waals surface area contributed by atoms with Crippen molar-refractivity contribution in [3.8, 4) is 0 Å². The second-order valence-electron chi connectivity index (χ2n) is 9.09. The highest BCUT2D eigenvalue weighted by atomic mass is 14.7. The van der Waals surface area contributed by atoms with Crippen molar-refractivity contribution in [2.75, 3.05) is 6.54 Å². The maximum atomic E-state index is 6.22. The average molecular weight is 290 g/mol. The molecule has 3 aliphatic carbocycles. The fourth-order valence-corrected chi connectivity index (χ4v) is 6.22. The Morgan fingerprint density at radius 2 is 1.95 bits per heavy atom. The standard InChI is InChI=1S/C20H35N/c1-14(2)15-6-8-17-16(12-15)7-9-18-19(3,13-21)10-5-11-20(17,18)4/h12,14-15,17-18H,5-11,13,21H2,1-4H3. The molecule has 0 bridgehead atoms. The van der Waals surface area contributed by atoms with Gasteiger partial charge in [0.2, 0.25) is 0 Å². The van der Waals surface area contributed by atoms with Gasteiger partial charge in [-0.3, -0.25) is 0 Å². The number of hydrogen-bond acceptors (Lipinski definition) is 1. The summed E-state index contributed by atoms with van der Waals surface area (Å²) < 4.78 is 0. The van der Waals surface area contributed by atoms with Gasteiger partial charge in [-0.15, -0.1) is 0 Å². The molecule has 0 spiro atoms. The van der Waals surface area contributed by atoms with E-state index in [0.717, 1.165) is 30.2 Å². The number of fused-ring (bicyclic) bond motifs is 3. The van der Waals surface area contributed by atoms with Crippen LogP contribution in [-0.4, -0.2) is 6.54 Å². The van der Waals surface area contributed by atoms with Gasteiger partial charge < -0.3 is 5.73 Å². The zero-order valence-corrected chi connectivity index (χ0v) is 14.6. The molecule has 0 radical (unpaired) electrons. The van der Waals surface area contributed by atoms with Crippen LogP contribution >= 0.6 is 0 Å². The summed E-state index contributed by atoms with van der Waals surface area (Å²) in [5.74, 6) is 3.35. The van der Waals surface area contributed by atoms with Crippen molar-refractivity contribution in [1.29, 1.82) is 0 Å². The molecular weight excluding hydrogens is 254 g/mol. The molecule has 0 saturated heterocycles. The maximum absolute atomic E-state index is 6.22. The van der Waals surface area contributed by atoms with E-state index in [9.17, 15) is 0 Å². The van der Waals surface area contributed by atoms with E-state index in [2.05, 4.69) is 33.8 Å². The molecule has 5 atom stereocenters. The van der Waals surface area contributed by atoms with E-state index >= 15 is 0 Å². The molecular formula is C20H35N. The van der Waals surface area contributed by atoms with E-state index in [0.29, 0.717) is 10.8 Å². The average Bonchev–Trinajstić information content (AvgIpc) is 2.46. The fraction of sp³-hybridized carbons (Fsp3) is 0.900. The summed E-state index contributed by atoms with van der Waals surface area (Å²) in [5.41, 5.74) is 8.96. The van der Waals surface area contributed by atoms with Gasteiger partial charge in [0.1, 0.15) is 0 Å². The van der Waals surface area contributed by atoms with Crippen LogP contribution < -0.4 is 5.73 Å². The summed E-state index contributed by atoms with van der Waals surface area (Å²) in [5, 5.41) is 0. The second kappa shape index (κ2) is 5.41. The molecule has 0 aliphatic heterocycles. The van der Waals surface area contributed by atoms with Crippen LogP contribution in [0.1, 0.15) is 72.6 Å². The summed E-state index contributed by atoms with van der Waals surface area (Å²) >= 11 is 0. The molecule has 5 unspecified atom stereocenters. The maximum Gasteiger partial charge on any atom is -0.00203 e. The predicted octanol–water partition coefficient (Wildman–Crippen LogP) is 5.16. The van der Waals surface area contributed by atoms with E-state index < -0.39 is 0 Å². The van der Waals surface area contributed by atoms with Crippen molar-refractivity contribution in [2.45, 2.75) is 72.6 Å². The lowest BCUT2D eigenvalue weighted by atomic mass is 9.45. The van der Waals surface area contributed by atoms with Gasteiger partial charge in [0, 0.05) is 0 Å². The highest BCUT2D eigenvalue weighted by Crippen LogP contribution is 2.63. The molecule has 21 heavy (non-hydrogen) atoms. The van der Waals surface area contributed by atoms with Crippen LogP contribution in [0.4, 0.5) is 0 Å². The topological polar surface area (TPSA) is 26.0 Å². The molecule has 0 amide bonds. The molecule has 0 aromatic carbocycles. The predicted molar refractivity (Wildman–Crippen MR) is 91.0 cm³/mol. The highest BCUT2D eigenvalue weighted by molar-refractivity contribution is 5.22. The van der Waals surface area contributed by atoms with Crippen LogP contribution in [0.25, 0.3) is 0 Å². The lowest BCUT2D eigenvalue weighted by molar-refractivity contribution is -0.0626. The lowest BCUT2D eigenvalue weighted by Crippen LogP contribution is -2.53. The number of allylic oxidation sites excluding steroid dienone is 2. The molecule has 0 aromatic rings. The van der Waals surface area contributed by atoms with Crippen LogP contribution in [0, 0.1) is 34.5 Å². The minimum atomic E-state index is 0.396. The van der Waals surface area contributed by atoms with Crippen molar-refractivity contribution < 1.29 is 0 Å². The van der Waals surface area contributed by atoms with Crippen LogP contribution in [0.15, 0.2) is 11.6 Å². The summed E-state index contributed by atoms with van der Waals surface area (Å²) in [6.45, 7) is 10.7. The Kier molecular flexibility index (Phi) is 4.01. The molecule has 3 aliphatic rings. The van der Waals surface area contributed by atoms with E-state index in [1.165, 1.54) is 44.9 Å². The minimum absolute atomic E-state index is 0.396. The molecule has 0 heterocycles. The quantitative estimate of drug-likeness (QED) is 0.698. The smallest absolute Gasteiger partial charge is 0.00203 e. The molecule has 2 saturated carbocycles. The third-order valence-electron chi connectivity index (χ3n) is 7.61. The molecule has 3 rings (SSSR count). The number of rotatable bonds is 2. The number of nitrogens with two attached hydrogens (primary N) is 1. The minimum Gasteiger partial charge on any atom is -0.330 e. The van der Waals surface area contributed by atoms with Crippen molar-refractivity contribution >= 4 is 0 Å². The van der Waals surface area contributed by atoms with Gasteiger partial charge in [-0.1, -0.05) is 45.8 Å². The first-order valence-corrected chi connectivity index (χ1v) is 9.31. The summed E-state index contributed by atoms with van der Waals surface area (Å²) in [4.78, 5) is 0. The third-order valence-corrected chi connectivity index (χ3v) is 7.61. The van der Waals surface area contributed by atoms with Gasteiger partial charge in [0.05, 0.1) is 0 Å². The largest absolute Gasteiger partial charge is 0.330 e. The molecule has 120 valence electrons. The van der Waals surface area contributed by atoms with Gasteiger partial charge >= 0.3 is 0 Å². The Morgan fingerprint density at radius 1 is 1.19 bits per heavy atom. The zero-order chi connectivity index (χ0) is 15.3. The first-order chi connectivity index (χ1) is 9.90. The Morgan fingerprint density at radius 3 is 2.62 bits per heavy atom. The molecule has 2 N–H and O–H groups in total. The van der Waals surface area contributed by atoms with E-state index in [1.807, 2.05) is 5.57 Å². The van der Waals surface area contributed by atoms with Gasteiger partial charge in [-0.05, 0) is 79.6 Å². The highest BCUT2D eigenvalue weighted by Gasteiger charge is 2.54. The molecule has 2 fully saturated rings. The molecule has 0 aromatic heterocycles. The van der Waals surface area contributed by atoms with Crippen LogP contribution in [0.2, 0.25) is 0 Å². The van der Waals surface area contributed by atoms with Crippen molar-refractivity contribution in [3.63, 3.8) is 0 Å². The Labute approximate surface area is 131 Å². The normalized spacial score (nSPS) is 46.8. The van der Waals surface area contributed by atoms with Gasteiger partial charge in [0.15, 0.2) is 0 Å². The van der Waals surface area contributed by atoms with E-state index in [1.54, 1.807) is 0 Å². The van der Waals surface area contributed by atoms with Crippen LogP contribution in [-0.2, 0) is 0 Å². The van der Waals surface area contributed by atoms with E-state index in [4.69, 9.17) is 5.73 Å². The zero-order valence-electron chi connectivity index (χ0n) is 14.6. The Balaban J connectivity index is 1.91. The Hall–Kier alpha value is -0.300. The van der Waals surface area contributed by atoms with Crippen LogP contribution in [0.5, 0.6) is 0 Å². The Bertz CT molecular complexity index is 424. The van der Waals surface area contributed by atoms with Gasteiger partial charge in [-0.2, -0.15) is 0 Å². The summed E-state index contributed by atoms with van der Waals surface area (Å²) in [7, 11) is 0. The van der Waals surface area contributed by atoms with Crippen molar-refractivity contribution in [3.05, 3.63) is 11.6 Å². The summed E-state index contributed by atoms with van der Waals surface area (Å²) in [6.07, 6.45) is 12.4. The van der Waals surface area contributed by atoms with E-state index in [-0.39, 0.29) is 0 Å².